The van der Waals surface area contributed by atoms with Crippen LogP contribution in [-0.2, 0) is 0 Å². The van der Waals surface area contributed by atoms with Crippen molar-refractivity contribution in [3.05, 3.63) is 88.0 Å². The van der Waals surface area contributed by atoms with Crippen molar-refractivity contribution in [1.29, 1.82) is 0 Å². The van der Waals surface area contributed by atoms with Gasteiger partial charge in [0.2, 0.25) is 0 Å². The molecule has 0 aromatic heterocycles. The van der Waals surface area contributed by atoms with Gasteiger partial charge >= 0.3 is 11.9 Å². The highest BCUT2D eigenvalue weighted by Gasteiger charge is 2.18. The summed E-state index contributed by atoms with van der Waals surface area (Å²) in [7, 11) is 0. The molecule has 3 aromatic carbocycles. The molecule has 0 aliphatic rings. The lowest BCUT2D eigenvalue weighted by molar-refractivity contribution is -0.384. The number of carbonyl (C=O) groups is 2. The summed E-state index contributed by atoms with van der Waals surface area (Å²) in [6, 6.07) is 17.1. The standard InChI is InChI=1S/C20H13NO6/c22-19(23)15-7-3-13(4-8-15)12-1-5-14(6-2-12)17-10-9-16(20(24)25)11-18(17)21(26)27/h1-11H,(H,22,23)(H,24,25). The Morgan fingerprint density at radius 2 is 1.15 bits per heavy atom. The number of rotatable bonds is 5. The van der Waals surface area contributed by atoms with E-state index in [4.69, 9.17) is 10.2 Å². The van der Waals surface area contributed by atoms with Crippen molar-refractivity contribution in [2.75, 3.05) is 0 Å². The molecule has 7 heteroatoms. The van der Waals surface area contributed by atoms with Gasteiger partial charge < -0.3 is 10.2 Å². The molecule has 0 fully saturated rings. The van der Waals surface area contributed by atoms with Gasteiger partial charge in [-0.05, 0) is 41.0 Å². The van der Waals surface area contributed by atoms with Gasteiger partial charge in [0.25, 0.3) is 5.69 Å². The molecular weight excluding hydrogens is 350 g/mol. The van der Waals surface area contributed by atoms with Crippen LogP contribution in [0.3, 0.4) is 0 Å². The van der Waals surface area contributed by atoms with E-state index in [9.17, 15) is 19.7 Å². The quantitative estimate of drug-likeness (QED) is 0.515. The molecule has 0 saturated heterocycles. The Balaban J connectivity index is 1.97. The molecule has 0 heterocycles. The average Bonchev–Trinajstić information content (AvgIpc) is 2.67. The third-order valence-corrected chi connectivity index (χ3v) is 4.10. The second-order valence-electron chi connectivity index (χ2n) is 5.75. The Bertz CT molecular complexity index is 1040. The third kappa shape index (κ3) is 3.67. The third-order valence-electron chi connectivity index (χ3n) is 4.10. The van der Waals surface area contributed by atoms with Crippen LogP contribution in [-0.4, -0.2) is 27.1 Å². The van der Waals surface area contributed by atoms with Gasteiger partial charge in [-0.1, -0.05) is 36.4 Å². The normalized spacial score (nSPS) is 10.4. The zero-order valence-corrected chi connectivity index (χ0v) is 13.8. The van der Waals surface area contributed by atoms with Gasteiger partial charge in [0.05, 0.1) is 21.6 Å². The highest BCUT2D eigenvalue weighted by Crippen LogP contribution is 2.32. The van der Waals surface area contributed by atoms with E-state index in [2.05, 4.69) is 0 Å². The van der Waals surface area contributed by atoms with Crippen LogP contribution in [0.5, 0.6) is 0 Å². The number of nitro groups is 1. The predicted molar refractivity (Wildman–Crippen MR) is 97.9 cm³/mol. The van der Waals surface area contributed by atoms with E-state index in [1.807, 2.05) is 0 Å². The summed E-state index contributed by atoms with van der Waals surface area (Å²) < 4.78 is 0. The monoisotopic (exact) mass is 363 g/mol. The van der Waals surface area contributed by atoms with Gasteiger partial charge in [0.1, 0.15) is 0 Å². The summed E-state index contributed by atoms with van der Waals surface area (Å²) in [5.74, 6) is -2.24. The molecule has 7 nitrogen and oxygen atoms in total. The maximum atomic E-state index is 11.3. The lowest BCUT2D eigenvalue weighted by atomic mass is 9.98. The summed E-state index contributed by atoms with van der Waals surface area (Å²) in [6.07, 6.45) is 0. The first-order chi connectivity index (χ1) is 12.9. The SMILES string of the molecule is O=C(O)c1ccc(-c2ccc(-c3ccc(C(=O)O)cc3[N+](=O)[O-])cc2)cc1. The Kier molecular flexibility index (Phi) is 4.68. The van der Waals surface area contributed by atoms with Crippen LogP contribution < -0.4 is 0 Å². The molecule has 2 N–H and O–H groups in total. The molecule has 0 unspecified atom stereocenters. The van der Waals surface area contributed by atoms with E-state index < -0.39 is 16.9 Å². The molecule has 0 radical (unpaired) electrons. The number of nitrogens with zero attached hydrogens (tertiary/aromatic N) is 1. The number of carboxylic acid groups (broad SMARTS) is 2. The fraction of sp³-hybridized carbons (Fsp3) is 0. The van der Waals surface area contributed by atoms with Crippen molar-refractivity contribution in [2.45, 2.75) is 0 Å². The van der Waals surface area contributed by atoms with Gasteiger partial charge in [0.15, 0.2) is 0 Å². The number of carboxylic acids is 2. The number of hydrogen-bond donors (Lipinski definition) is 2. The largest absolute Gasteiger partial charge is 0.478 e. The topological polar surface area (TPSA) is 118 Å². The number of hydrogen-bond acceptors (Lipinski definition) is 4. The lowest BCUT2D eigenvalue weighted by Gasteiger charge is -2.07. The van der Waals surface area contributed by atoms with Crippen molar-refractivity contribution in [2.24, 2.45) is 0 Å². The van der Waals surface area contributed by atoms with Crippen molar-refractivity contribution in [3.63, 3.8) is 0 Å². The summed E-state index contributed by atoms with van der Waals surface area (Å²) in [4.78, 5) is 32.6. The molecule has 0 amide bonds. The Morgan fingerprint density at radius 1 is 0.704 bits per heavy atom. The molecule has 0 spiro atoms. The minimum Gasteiger partial charge on any atom is -0.478 e. The van der Waals surface area contributed by atoms with Gasteiger partial charge in [-0.15, -0.1) is 0 Å². The fourth-order valence-electron chi connectivity index (χ4n) is 2.71. The number of benzene rings is 3. The Morgan fingerprint density at radius 3 is 1.63 bits per heavy atom. The molecule has 0 aliphatic heterocycles. The predicted octanol–water partition coefficient (Wildman–Crippen LogP) is 4.33. The Hall–Kier alpha value is -4.00. The second-order valence-corrected chi connectivity index (χ2v) is 5.75. The van der Waals surface area contributed by atoms with Gasteiger partial charge in [-0.3, -0.25) is 10.1 Å². The van der Waals surface area contributed by atoms with E-state index in [0.717, 1.165) is 17.2 Å². The summed E-state index contributed by atoms with van der Waals surface area (Å²) in [5.41, 5.74) is 2.27. The van der Waals surface area contributed by atoms with Crippen LogP contribution in [0.25, 0.3) is 22.3 Å². The van der Waals surface area contributed by atoms with E-state index in [0.29, 0.717) is 11.1 Å². The minimum atomic E-state index is -1.23. The molecule has 0 saturated carbocycles. The molecule has 27 heavy (non-hydrogen) atoms. The summed E-state index contributed by atoms with van der Waals surface area (Å²) in [6.45, 7) is 0. The van der Waals surface area contributed by atoms with Gasteiger partial charge in [-0.25, -0.2) is 9.59 Å². The first-order valence-electron chi connectivity index (χ1n) is 7.82. The molecule has 0 bridgehead atoms. The minimum absolute atomic E-state index is 0.152. The number of nitro benzene ring substituents is 1. The molecule has 0 aliphatic carbocycles. The average molecular weight is 363 g/mol. The first-order valence-corrected chi connectivity index (χ1v) is 7.82. The molecule has 3 rings (SSSR count). The second kappa shape index (κ2) is 7.09. The van der Waals surface area contributed by atoms with Crippen LogP contribution in [0, 0.1) is 10.1 Å². The molecule has 3 aromatic rings. The summed E-state index contributed by atoms with van der Waals surface area (Å²) in [5, 5.41) is 29.3. The molecule has 134 valence electrons. The van der Waals surface area contributed by atoms with Gasteiger partial charge in [-0.2, -0.15) is 0 Å². The highest BCUT2D eigenvalue weighted by atomic mass is 16.6. The lowest BCUT2D eigenvalue weighted by Crippen LogP contribution is -1.99. The molecular formula is C20H13NO6. The fourth-order valence-corrected chi connectivity index (χ4v) is 2.71. The van der Waals surface area contributed by atoms with E-state index in [-0.39, 0.29) is 16.8 Å². The zero-order chi connectivity index (χ0) is 19.6. The maximum Gasteiger partial charge on any atom is 0.335 e. The maximum absolute atomic E-state index is 11.3. The first kappa shape index (κ1) is 17.8. The molecule has 0 atom stereocenters. The smallest absolute Gasteiger partial charge is 0.335 e. The van der Waals surface area contributed by atoms with E-state index in [1.54, 1.807) is 36.4 Å². The van der Waals surface area contributed by atoms with Crippen molar-refractivity contribution in [3.8, 4) is 22.3 Å². The van der Waals surface area contributed by atoms with Crippen LogP contribution in [0.15, 0.2) is 66.7 Å². The van der Waals surface area contributed by atoms with Crippen LogP contribution in [0.4, 0.5) is 5.69 Å². The zero-order valence-electron chi connectivity index (χ0n) is 13.8. The van der Waals surface area contributed by atoms with Crippen molar-refractivity contribution in [1.82, 2.24) is 0 Å². The van der Waals surface area contributed by atoms with Crippen molar-refractivity contribution >= 4 is 17.6 Å². The van der Waals surface area contributed by atoms with Crippen molar-refractivity contribution < 1.29 is 24.7 Å². The van der Waals surface area contributed by atoms with Gasteiger partial charge in [0, 0.05) is 6.07 Å². The highest BCUT2D eigenvalue weighted by molar-refractivity contribution is 5.91. The van der Waals surface area contributed by atoms with Crippen LogP contribution in [0.2, 0.25) is 0 Å². The number of aromatic carboxylic acids is 2. The van der Waals surface area contributed by atoms with Crippen LogP contribution in [0.1, 0.15) is 20.7 Å². The summed E-state index contributed by atoms with van der Waals surface area (Å²) >= 11 is 0. The Labute approximate surface area is 153 Å². The van der Waals surface area contributed by atoms with E-state index in [1.165, 1.54) is 24.3 Å². The van der Waals surface area contributed by atoms with Crippen LogP contribution >= 0.6 is 0 Å². The van der Waals surface area contributed by atoms with E-state index >= 15 is 0 Å².